The number of rotatable bonds is 7. The molecule has 0 atom stereocenters. The first-order chi connectivity index (χ1) is 11.9. The van der Waals surface area contributed by atoms with Crippen LogP contribution in [0.5, 0.6) is 0 Å². The van der Waals surface area contributed by atoms with Crippen molar-refractivity contribution in [2.45, 2.75) is 45.3 Å². The number of halogens is 1. The lowest BCUT2D eigenvalue weighted by atomic mass is 10.3. The second-order valence-electron chi connectivity index (χ2n) is 7.78. The summed E-state index contributed by atoms with van der Waals surface area (Å²) >= 11 is 6.26. The topological polar surface area (TPSA) is 43.2 Å². The van der Waals surface area contributed by atoms with Crippen molar-refractivity contribution < 1.29 is 4.74 Å². The van der Waals surface area contributed by atoms with Crippen molar-refractivity contribution in [2.24, 2.45) is 0 Å². The van der Waals surface area contributed by atoms with E-state index in [1.165, 1.54) is 18.9 Å². The molecule has 136 valence electrons. The molecule has 7 heteroatoms. The third kappa shape index (κ3) is 5.06. The van der Waals surface area contributed by atoms with Gasteiger partial charge in [-0.3, -0.25) is 0 Å². The van der Waals surface area contributed by atoms with E-state index in [4.69, 9.17) is 21.3 Å². The van der Waals surface area contributed by atoms with E-state index in [1.807, 2.05) is 24.4 Å². The van der Waals surface area contributed by atoms with Crippen LogP contribution >= 0.6 is 11.6 Å². The second kappa shape index (κ2) is 7.89. The van der Waals surface area contributed by atoms with Crippen LogP contribution in [-0.4, -0.2) is 42.3 Å². The molecule has 0 aromatic carbocycles. The normalized spacial score (nSPS) is 15.1. The molecule has 3 heterocycles. The first-order valence-corrected chi connectivity index (χ1v) is 13.0. The highest BCUT2D eigenvalue weighted by Gasteiger charge is 2.18. The molecular weight excluding hydrogens is 352 g/mol. The zero-order valence-electron chi connectivity index (χ0n) is 15.3. The fourth-order valence-electron chi connectivity index (χ4n) is 2.90. The van der Waals surface area contributed by atoms with Crippen molar-refractivity contribution in [2.75, 3.05) is 24.6 Å². The van der Waals surface area contributed by atoms with Gasteiger partial charge in [-0.2, -0.15) is 0 Å². The van der Waals surface area contributed by atoms with Gasteiger partial charge in [-0.25, -0.2) is 9.97 Å². The monoisotopic (exact) mass is 378 g/mol. The summed E-state index contributed by atoms with van der Waals surface area (Å²) in [6, 6.07) is 7.06. The Labute approximate surface area is 156 Å². The predicted molar refractivity (Wildman–Crippen MR) is 106 cm³/mol. The van der Waals surface area contributed by atoms with Gasteiger partial charge in [0.25, 0.3) is 0 Å². The van der Waals surface area contributed by atoms with E-state index in [0.717, 1.165) is 37.0 Å². The minimum atomic E-state index is -1.06. The first kappa shape index (κ1) is 18.4. The fourth-order valence-corrected chi connectivity index (χ4v) is 3.83. The molecule has 25 heavy (non-hydrogen) atoms. The Morgan fingerprint density at radius 2 is 1.96 bits per heavy atom. The molecular formula is C18H27ClN4OSi. The number of aromatic nitrogens is 3. The Balaban J connectivity index is 1.73. The van der Waals surface area contributed by atoms with E-state index in [0.29, 0.717) is 11.9 Å². The Morgan fingerprint density at radius 3 is 2.68 bits per heavy atom. The van der Waals surface area contributed by atoms with Gasteiger partial charge in [0.05, 0.1) is 11.4 Å². The quantitative estimate of drug-likeness (QED) is 0.404. The lowest BCUT2D eigenvalue weighted by Crippen LogP contribution is -2.22. The van der Waals surface area contributed by atoms with Crippen molar-refractivity contribution in [1.29, 1.82) is 0 Å². The van der Waals surface area contributed by atoms with Gasteiger partial charge < -0.3 is 14.2 Å². The van der Waals surface area contributed by atoms with Crippen molar-refractivity contribution in [3.05, 3.63) is 29.5 Å². The van der Waals surface area contributed by atoms with Gasteiger partial charge in [0.15, 0.2) is 0 Å². The van der Waals surface area contributed by atoms with Crippen LogP contribution in [0, 0.1) is 0 Å². The largest absolute Gasteiger partial charge is 0.361 e. The second-order valence-corrected chi connectivity index (χ2v) is 13.8. The molecule has 0 radical (unpaired) electrons. The molecule has 2 aromatic heterocycles. The van der Waals surface area contributed by atoms with E-state index in [-0.39, 0.29) is 0 Å². The van der Waals surface area contributed by atoms with E-state index < -0.39 is 8.07 Å². The first-order valence-electron chi connectivity index (χ1n) is 8.95. The predicted octanol–water partition coefficient (Wildman–Crippen LogP) is 4.51. The average molecular weight is 379 g/mol. The molecule has 2 aromatic rings. The molecule has 1 saturated heterocycles. The number of hydrogen-bond acceptors (Lipinski definition) is 4. The Morgan fingerprint density at radius 1 is 1.20 bits per heavy atom. The lowest BCUT2D eigenvalue weighted by Gasteiger charge is -2.18. The summed E-state index contributed by atoms with van der Waals surface area (Å²) in [4.78, 5) is 11.4. The summed E-state index contributed by atoms with van der Waals surface area (Å²) in [6.45, 7) is 10.4. The van der Waals surface area contributed by atoms with Gasteiger partial charge in [-0.15, -0.1) is 0 Å². The van der Waals surface area contributed by atoms with Gasteiger partial charge in [0.2, 0.25) is 5.95 Å². The highest BCUT2D eigenvalue weighted by atomic mass is 35.5. The van der Waals surface area contributed by atoms with E-state index in [1.54, 1.807) is 0 Å². The molecule has 0 bridgehead atoms. The van der Waals surface area contributed by atoms with Crippen LogP contribution in [0.4, 0.5) is 5.95 Å². The SMILES string of the molecule is C[Si](C)(C)CCOCn1cccc1-c1cc(Cl)nc(N2CCCC2)n1. The van der Waals surface area contributed by atoms with Gasteiger partial charge in [0, 0.05) is 40.0 Å². The standard InChI is InChI=1S/C18H27ClN4OSi/c1-25(2,3)12-11-24-14-23-10-6-7-16(23)15-13-17(19)21-18(20-15)22-8-4-5-9-22/h6-7,10,13H,4-5,8-9,11-12,14H2,1-3H3. The number of hydrogen-bond donors (Lipinski definition) is 0. The van der Waals surface area contributed by atoms with Gasteiger partial charge in [-0.05, 0) is 31.0 Å². The Bertz CT molecular complexity index is 707. The Kier molecular flexibility index (Phi) is 5.81. The maximum absolute atomic E-state index is 6.26. The third-order valence-corrected chi connectivity index (χ3v) is 6.29. The summed E-state index contributed by atoms with van der Waals surface area (Å²) in [7, 11) is -1.06. The zero-order valence-corrected chi connectivity index (χ0v) is 17.1. The van der Waals surface area contributed by atoms with Crippen LogP contribution in [0.15, 0.2) is 24.4 Å². The van der Waals surface area contributed by atoms with Crippen LogP contribution in [0.2, 0.25) is 30.8 Å². The minimum Gasteiger partial charge on any atom is -0.361 e. The molecule has 1 aliphatic rings. The molecule has 0 saturated carbocycles. The van der Waals surface area contributed by atoms with Crippen LogP contribution in [-0.2, 0) is 11.5 Å². The van der Waals surface area contributed by atoms with E-state index >= 15 is 0 Å². The third-order valence-electron chi connectivity index (χ3n) is 4.39. The number of ether oxygens (including phenoxy) is 1. The van der Waals surface area contributed by atoms with Crippen LogP contribution in [0.1, 0.15) is 12.8 Å². The minimum absolute atomic E-state index is 0.485. The number of anilines is 1. The molecule has 0 spiro atoms. The summed E-state index contributed by atoms with van der Waals surface area (Å²) in [5, 5.41) is 0.485. The molecule has 3 rings (SSSR count). The zero-order chi connectivity index (χ0) is 17.9. The summed E-state index contributed by atoms with van der Waals surface area (Å²) in [5.41, 5.74) is 1.86. The van der Waals surface area contributed by atoms with Crippen molar-refractivity contribution in [3.8, 4) is 11.4 Å². The number of nitrogens with zero attached hydrogens (tertiary/aromatic N) is 4. The van der Waals surface area contributed by atoms with Gasteiger partial charge >= 0.3 is 0 Å². The fraction of sp³-hybridized carbons (Fsp3) is 0.556. The van der Waals surface area contributed by atoms with E-state index in [9.17, 15) is 0 Å². The Hall–Kier alpha value is -1.37. The summed E-state index contributed by atoms with van der Waals surface area (Å²) < 4.78 is 7.97. The molecule has 1 fully saturated rings. The van der Waals surface area contributed by atoms with Gasteiger partial charge in [-0.1, -0.05) is 31.2 Å². The maximum Gasteiger partial charge on any atom is 0.227 e. The highest BCUT2D eigenvalue weighted by Crippen LogP contribution is 2.25. The molecule has 0 aliphatic carbocycles. The lowest BCUT2D eigenvalue weighted by molar-refractivity contribution is 0.0885. The molecule has 0 unspecified atom stereocenters. The van der Waals surface area contributed by atoms with Gasteiger partial charge in [0.1, 0.15) is 11.9 Å². The smallest absolute Gasteiger partial charge is 0.227 e. The summed E-state index contributed by atoms with van der Waals surface area (Å²) in [5.74, 6) is 0.729. The van der Waals surface area contributed by atoms with Crippen molar-refractivity contribution >= 4 is 25.6 Å². The van der Waals surface area contributed by atoms with Crippen molar-refractivity contribution in [3.63, 3.8) is 0 Å². The maximum atomic E-state index is 6.26. The molecule has 1 aliphatic heterocycles. The molecule has 0 N–H and O–H groups in total. The summed E-state index contributed by atoms with van der Waals surface area (Å²) in [6.07, 6.45) is 4.40. The van der Waals surface area contributed by atoms with Crippen LogP contribution < -0.4 is 4.90 Å². The average Bonchev–Trinajstić information content (AvgIpc) is 3.21. The van der Waals surface area contributed by atoms with Crippen molar-refractivity contribution in [1.82, 2.24) is 14.5 Å². The van der Waals surface area contributed by atoms with Crippen LogP contribution in [0.3, 0.4) is 0 Å². The molecule has 0 amide bonds. The van der Waals surface area contributed by atoms with Crippen LogP contribution in [0.25, 0.3) is 11.4 Å². The highest BCUT2D eigenvalue weighted by molar-refractivity contribution is 6.76. The van der Waals surface area contributed by atoms with E-state index in [2.05, 4.69) is 34.1 Å². The molecule has 5 nitrogen and oxygen atoms in total.